The highest BCUT2D eigenvalue weighted by Crippen LogP contribution is 2.26. The lowest BCUT2D eigenvalue weighted by Crippen LogP contribution is -2.34. The molecule has 2 atom stereocenters. The molecule has 82 valence electrons. The van der Waals surface area contributed by atoms with Crippen LogP contribution in [0.3, 0.4) is 0 Å². The third kappa shape index (κ3) is 2.53. The van der Waals surface area contributed by atoms with Crippen molar-refractivity contribution in [3.63, 3.8) is 0 Å². The first-order valence-electron chi connectivity index (χ1n) is 5.37. The second-order valence-electron chi connectivity index (χ2n) is 4.25. The molecule has 2 rings (SSSR count). The average Bonchev–Trinajstić information content (AvgIpc) is 2.16. The minimum Gasteiger partial charge on any atom is -0.307 e. The molecule has 0 aliphatic carbocycles. The van der Waals surface area contributed by atoms with Gasteiger partial charge in [0.15, 0.2) is 0 Å². The molecule has 1 aromatic carbocycles. The van der Waals surface area contributed by atoms with Gasteiger partial charge in [0.25, 0.3) is 0 Å². The number of hydrogen-bond donors (Lipinski definition) is 1. The van der Waals surface area contributed by atoms with E-state index >= 15 is 0 Å². The zero-order chi connectivity index (χ0) is 10.8. The van der Waals surface area contributed by atoms with E-state index in [-0.39, 0.29) is 6.04 Å². The quantitative estimate of drug-likeness (QED) is 0.752. The van der Waals surface area contributed by atoms with Gasteiger partial charge in [-0.3, -0.25) is 0 Å². The summed E-state index contributed by atoms with van der Waals surface area (Å²) >= 11 is 0. The van der Waals surface area contributed by atoms with Crippen LogP contribution < -0.4 is 5.32 Å². The molecule has 0 saturated carbocycles. The van der Waals surface area contributed by atoms with Crippen molar-refractivity contribution < 1.29 is 8.78 Å². The van der Waals surface area contributed by atoms with E-state index in [4.69, 9.17) is 0 Å². The van der Waals surface area contributed by atoms with Gasteiger partial charge in [0.1, 0.15) is 11.6 Å². The fraction of sp³-hybridized carbons (Fsp3) is 0.500. The minimum absolute atomic E-state index is 0.0962. The SMILES string of the molecule is C[C@H]1CCC[C@@H](c2cc(F)cc(F)c2)N1. The lowest BCUT2D eigenvalue weighted by Gasteiger charge is -2.29. The predicted molar refractivity (Wildman–Crippen MR) is 55.5 cm³/mol. The molecule has 1 fully saturated rings. The van der Waals surface area contributed by atoms with Gasteiger partial charge in [-0.1, -0.05) is 6.42 Å². The van der Waals surface area contributed by atoms with Gasteiger partial charge in [-0.05, 0) is 37.5 Å². The summed E-state index contributed by atoms with van der Waals surface area (Å²) < 4.78 is 26.0. The Kier molecular flexibility index (Phi) is 3.00. The lowest BCUT2D eigenvalue weighted by atomic mass is 9.94. The summed E-state index contributed by atoms with van der Waals surface area (Å²) in [6, 6.07) is 4.27. The van der Waals surface area contributed by atoms with Crippen molar-refractivity contribution in [3.8, 4) is 0 Å². The van der Waals surface area contributed by atoms with Crippen molar-refractivity contribution >= 4 is 0 Å². The maximum atomic E-state index is 13.0. The van der Waals surface area contributed by atoms with Crippen molar-refractivity contribution in [2.75, 3.05) is 0 Å². The van der Waals surface area contributed by atoms with Gasteiger partial charge in [0.05, 0.1) is 0 Å². The molecule has 1 aliphatic heterocycles. The molecule has 1 aromatic rings. The Labute approximate surface area is 88.5 Å². The summed E-state index contributed by atoms with van der Waals surface area (Å²) in [6.45, 7) is 2.10. The number of piperidine rings is 1. The Bertz CT molecular complexity index is 331. The number of hydrogen-bond acceptors (Lipinski definition) is 1. The number of nitrogens with one attached hydrogen (secondary N) is 1. The van der Waals surface area contributed by atoms with Gasteiger partial charge in [-0.25, -0.2) is 8.78 Å². The smallest absolute Gasteiger partial charge is 0.126 e. The molecule has 1 N–H and O–H groups in total. The lowest BCUT2D eigenvalue weighted by molar-refractivity contribution is 0.339. The van der Waals surface area contributed by atoms with E-state index in [0.29, 0.717) is 6.04 Å². The molecule has 0 radical (unpaired) electrons. The highest BCUT2D eigenvalue weighted by Gasteiger charge is 2.20. The van der Waals surface area contributed by atoms with E-state index in [2.05, 4.69) is 12.2 Å². The maximum Gasteiger partial charge on any atom is 0.126 e. The van der Waals surface area contributed by atoms with Crippen LogP contribution in [0.1, 0.15) is 37.8 Å². The first-order valence-corrected chi connectivity index (χ1v) is 5.37. The van der Waals surface area contributed by atoms with Crippen molar-refractivity contribution in [2.24, 2.45) is 0 Å². The van der Waals surface area contributed by atoms with Crippen LogP contribution in [0.2, 0.25) is 0 Å². The van der Waals surface area contributed by atoms with Crippen LogP contribution in [-0.4, -0.2) is 6.04 Å². The topological polar surface area (TPSA) is 12.0 Å². The van der Waals surface area contributed by atoms with Gasteiger partial charge < -0.3 is 5.32 Å². The number of benzene rings is 1. The van der Waals surface area contributed by atoms with E-state index in [0.717, 1.165) is 30.9 Å². The van der Waals surface area contributed by atoms with Crippen molar-refractivity contribution in [1.29, 1.82) is 0 Å². The number of rotatable bonds is 1. The Hall–Kier alpha value is -0.960. The van der Waals surface area contributed by atoms with Crippen molar-refractivity contribution in [3.05, 3.63) is 35.4 Å². The first kappa shape index (κ1) is 10.6. The molecule has 1 saturated heterocycles. The third-order valence-corrected chi connectivity index (χ3v) is 2.90. The molecule has 15 heavy (non-hydrogen) atoms. The molecular weight excluding hydrogens is 196 g/mol. The second-order valence-corrected chi connectivity index (χ2v) is 4.25. The van der Waals surface area contributed by atoms with Crippen LogP contribution in [0.25, 0.3) is 0 Å². The van der Waals surface area contributed by atoms with Gasteiger partial charge in [0, 0.05) is 18.2 Å². The molecule has 0 unspecified atom stereocenters. The highest BCUT2D eigenvalue weighted by molar-refractivity contribution is 5.22. The monoisotopic (exact) mass is 211 g/mol. The molecule has 0 spiro atoms. The molecule has 0 amide bonds. The van der Waals surface area contributed by atoms with Crippen LogP contribution in [0.4, 0.5) is 8.78 Å². The predicted octanol–water partition coefficient (Wildman–Crippen LogP) is 3.17. The average molecular weight is 211 g/mol. The second kappa shape index (κ2) is 4.27. The summed E-state index contributed by atoms with van der Waals surface area (Å²) in [4.78, 5) is 0. The Morgan fingerprint density at radius 2 is 1.80 bits per heavy atom. The first-order chi connectivity index (χ1) is 7.15. The normalized spacial score (nSPS) is 26.6. The zero-order valence-electron chi connectivity index (χ0n) is 8.76. The van der Waals surface area contributed by atoms with E-state index < -0.39 is 11.6 Å². The van der Waals surface area contributed by atoms with E-state index in [1.54, 1.807) is 0 Å². The van der Waals surface area contributed by atoms with Crippen LogP contribution in [-0.2, 0) is 0 Å². The van der Waals surface area contributed by atoms with Crippen LogP contribution in [0.15, 0.2) is 18.2 Å². The summed E-state index contributed by atoms with van der Waals surface area (Å²) in [5.74, 6) is -0.991. The van der Waals surface area contributed by atoms with Gasteiger partial charge in [-0.15, -0.1) is 0 Å². The van der Waals surface area contributed by atoms with Crippen LogP contribution in [0.5, 0.6) is 0 Å². The Morgan fingerprint density at radius 1 is 1.13 bits per heavy atom. The summed E-state index contributed by atoms with van der Waals surface area (Å²) in [7, 11) is 0. The molecule has 1 nitrogen and oxygen atoms in total. The van der Waals surface area contributed by atoms with E-state index in [1.807, 2.05) is 0 Å². The fourth-order valence-corrected chi connectivity index (χ4v) is 2.18. The number of halogens is 2. The standard InChI is InChI=1S/C12H15F2N/c1-8-3-2-4-12(15-8)9-5-10(13)7-11(14)6-9/h5-8,12,15H,2-4H2,1H3/t8-,12-/m0/s1. The third-order valence-electron chi connectivity index (χ3n) is 2.90. The molecule has 1 aliphatic rings. The highest BCUT2D eigenvalue weighted by atomic mass is 19.1. The van der Waals surface area contributed by atoms with Crippen molar-refractivity contribution in [1.82, 2.24) is 5.32 Å². The molecule has 0 aromatic heterocycles. The summed E-state index contributed by atoms with van der Waals surface area (Å²) in [6.07, 6.45) is 3.19. The van der Waals surface area contributed by atoms with Gasteiger partial charge >= 0.3 is 0 Å². The summed E-state index contributed by atoms with van der Waals surface area (Å²) in [5, 5.41) is 3.35. The van der Waals surface area contributed by atoms with Gasteiger partial charge in [0.2, 0.25) is 0 Å². The Balaban J connectivity index is 2.20. The van der Waals surface area contributed by atoms with Gasteiger partial charge in [-0.2, -0.15) is 0 Å². The van der Waals surface area contributed by atoms with Crippen LogP contribution in [0, 0.1) is 11.6 Å². The van der Waals surface area contributed by atoms with E-state index in [1.165, 1.54) is 12.1 Å². The largest absolute Gasteiger partial charge is 0.307 e. The molecule has 1 heterocycles. The molecule has 3 heteroatoms. The summed E-state index contributed by atoms with van der Waals surface area (Å²) in [5.41, 5.74) is 0.721. The fourth-order valence-electron chi connectivity index (χ4n) is 2.18. The molecular formula is C12H15F2N. The van der Waals surface area contributed by atoms with Crippen LogP contribution >= 0.6 is 0 Å². The van der Waals surface area contributed by atoms with E-state index in [9.17, 15) is 8.78 Å². The zero-order valence-corrected chi connectivity index (χ0v) is 8.76. The molecule has 0 bridgehead atoms. The minimum atomic E-state index is -0.495. The van der Waals surface area contributed by atoms with Crippen molar-refractivity contribution in [2.45, 2.75) is 38.3 Å². The Morgan fingerprint density at radius 3 is 2.40 bits per heavy atom. The maximum absolute atomic E-state index is 13.0.